The largest absolute Gasteiger partial charge is 0.506 e. The van der Waals surface area contributed by atoms with Gasteiger partial charge in [-0.2, -0.15) is 0 Å². The lowest BCUT2D eigenvalue weighted by atomic mass is 10.0. The molecule has 2 atom stereocenters. The fourth-order valence-electron chi connectivity index (χ4n) is 6.45. The summed E-state index contributed by atoms with van der Waals surface area (Å²) in [6.45, 7) is 4.90. The van der Waals surface area contributed by atoms with Crippen molar-refractivity contribution in [3.05, 3.63) is 75.4 Å². The van der Waals surface area contributed by atoms with Crippen LogP contribution in [-0.2, 0) is 16.0 Å². The van der Waals surface area contributed by atoms with Gasteiger partial charge in [0.15, 0.2) is 0 Å². The lowest BCUT2D eigenvalue weighted by molar-refractivity contribution is -0.137. The maximum absolute atomic E-state index is 14.1. The quantitative estimate of drug-likeness (QED) is 0.189. The Balaban J connectivity index is 1.29. The van der Waals surface area contributed by atoms with Gasteiger partial charge in [-0.1, -0.05) is 12.1 Å². The Morgan fingerprint density at radius 3 is 2.14 bits per heavy atom. The van der Waals surface area contributed by atoms with Crippen molar-refractivity contribution in [2.75, 3.05) is 75.8 Å². The number of carbonyl (C=O) groups excluding carboxylic acids is 3. The Bertz CT molecular complexity index is 1610. The van der Waals surface area contributed by atoms with E-state index in [1.807, 2.05) is 36.4 Å². The molecule has 2 saturated heterocycles. The molecule has 4 amide bonds. The number of nitrogens with zero attached hydrogens (tertiary/aromatic N) is 5. The summed E-state index contributed by atoms with van der Waals surface area (Å²) in [5.41, 5.74) is 8.49. The van der Waals surface area contributed by atoms with Gasteiger partial charge < -0.3 is 45.8 Å². The van der Waals surface area contributed by atoms with Crippen LogP contribution >= 0.6 is 31.9 Å². The third kappa shape index (κ3) is 10.0. The van der Waals surface area contributed by atoms with Crippen molar-refractivity contribution >= 4 is 61.1 Å². The van der Waals surface area contributed by atoms with Crippen LogP contribution in [0.1, 0.15) is 24.8 Å². The average molecular weight is 831 g/mol. The van der Waals surface area contributed by atoms with E-state index in [1.165, 1.54) is 0 Å². The average Bonchev–Trinajstić information content (AvgIpc) is 3.16. The van der Waals surface area contributed by atoms with Crippen LogP contribution in [0.3, 0.4) is 0 Å². The molecule has 51 heavy (non-hydrogen) atoms. The molecular weight excluding hydrogens is 784 g/mol. The van der Waals surface area contributed by atoms with Crippen LogP contribution in [-0.4, -0.2) is 116 Å². The number of rotatable bonds is 13. The number of carbonyl (C=O) groups is 3. The molecule has 0 unspecified atom stereocenters. The zero-order chi connectivity index (χ0) is 36.3. The van der Waals surface area contributed by atoms with Gasteiger partial charge in [0.1, 0.15) is 23.6 Å². The van der Waals surface area contributed by atoms with E-state index in [0.29, 0.717) is 92.7 Å². The molecule has 0 radical (unpaired) electrons. The highest BCUT2D eigenvalue weighted by Gasteiger charge is 2.33. The fourth-order valence-corrected chi connectivity index (χ4v) is 7.73. The molecule has 2 aromatic carbocycles. The van der Waals surface area contributed by atoms with Gasteiger partial charge in [-0.3, -0.25) is 14.6 Å². The first-order valence-electron chi connectivity index (χ1n) is 17.2. The molecule has 13 nitrogen and oxygen atoms in total. The van der Waals surface area contributed by atoms with Gasteiger partial charge in [-0.25, -0.2) is 4.79 Å². The maximum Gasteiger partial charge on any atom is 0.318 e. The number of ether oxygens (including phenoxy) is 1. The molecule has 2 aliphatic heterocycles. The zero-order valence-electron chi connectivity index (χ0n) is 28.8. The van der Waals surface area contributed by atoms with Crippen molar-refractivity contribution in [2.24, 2.45) is 5.73 Å². The first-order valence-corrected chi connectivity index (χ1v) is 18.8. The van der Waals surface area contributed by atoms with Crippen LogP contribution in [0, 0.1) is 0 Å². The molecule has 0 saturated carbocycles. The number of nitrogens with one attached hydrogen (secondary N) is 2. The number of piperazine rings is 2. The van der Waals surface area contributed by atoms with Crippen LogP contribution in [0.2, 0.25) is 0 Å². The highest BCUT2D eigenvalue weighted by atomic mass is 79.9. The third-order valence-electron chi connectivity index (χ3n) is 9.30. The van der Waals surface area contributed by atoms with Crippen molar-refractivity contribution < 1.29 is 24.2 Å². The van der Waals surface area contributed by atoms with E-state index in [-0.39, 0.29) is 24.1 Å². The second-order valence-electron chi connectivity index (χ2n) is 12.6. The van der Waals surface area contributed by atoms with Crippen LogP contribution in [0.15, 0.2) is 69.9 Å². The number of aromatic hydroxyl groups is 1. The molecule has 0 bridgehead atoms. The second-order valence-corrected chi connectivity index (χ2v) is 14.3. The van der Waals surface area contributed by atoms with E-state index in [2.05, 4.69) is 57.3 Å². The lowest BCUT2D eigenvalue weighted by Gasteiger charge is -2.38. The van der Waals surface area contributed by atoms with E-state index in [4.69, 9.17) is 10.5 Å². The fraction of sp³-hybridized carbons (Fsp3) is 0.444. The Morgan fingerprint density at radius 2 is 1.49 bits per heavy atom. The Hall–Kier alpha value is -4.08. The van der Waals surface area contributed by atoms with Gasteiger partial charge in [0.25, 0.3) is 0 Å². The number of amides is 4. The second kappa shape index (κ2) is 18.4. The van der Waals surface area contributed by atoms with Crippen LogP contribution < -0.4 is 30.9 Å². The number of pyridine rings is 1. The predicted molar refractivity (Wildman–Crippen MR) is 204 cm³/mol. The van der Waals surface area contributed by atoms with Gasteiger partial charge in [0.05, 0.1) is 21.7 Å². The van der Waals surface area contributed by atoms with E-state index < -0.39 is 18.0 Å². The summed E-state index contributed by atoms with van der Waals surface area (Å²) in [5, 5.41) is 16.3. The molecule has 0 aliphatic carbocycles. The highest BCUT2D eigenvalue weighted by molar-refractivity contribution is 9.11. The number of anilines is 2. The number of benzene rings is 2. The highest BCUT2D eigenvalue weighted by Crippen LogP contribution is 2.34. The third-order valence-corrected chi connectivity index (χ3v) is 10.5. The van der Waals surface area contributed by atoms with E-state index in [1.54, 1.807) is 41.4 Å². The number of phenolic OH excluding ortho intramolecular Hbond substituents is 1. The Labute approximate surface area is 315 Å². The Kier molecular flexibility index (Phi) is 13.8. The number of nitrogens with two attached hydrogens (primary N) is 1. The summed E-state index contributed by atoms with van der Waals surface area (Å²) in [4.78, 5) is 53.8. The molecule has 0 spiro atoms. The molecule has 1 aromatic heterocycles. The van der Waals surface area contributed by atoms with Crippen molar-refractivity contribution in [1.29, 1.82) is 0 Å². The van der Waals surface area contributed by atoms with Gasteiger partial charge in [-0.15, -0.1) is 0 Å². The van der Waals surface area contributed by atoms with Crippen molar-refractivity contribution in [3.8, 4) is 11.5 Å². The lowest BCUT2D eigenvalue weighted by Crippen LogP contribution is -2.59. The van der Waals surface area contributed by atoms with E-state index in [0.717, 1.165) is 17.1 Å². The van der Waals surface area contributed by atoms with Crippen LogP contribution in [0.5, 0.6) is 11.5 Å². The van der Waals surface area contributed by atoms with E-state index in [9.17, 15) is 19.5 Å². The summed E-state index contributed by atoms with van der Waals surface area (Å²) in [6.07, 6.45) is 5.44. The maximum atomic E-state index is 14.1. The van der Waals surface area contributed by atoms with Crippen molar-refractivity contribution in [1.82, 2.24) is 25.4 Å². The molecule has 5 N–H and O–H groups in total. The van der Waals surface area contributed by atoms with Crippen molar-refractivity contribution in [2.45, 2.75) is 37.8 Å². The van der Waals surface area contributed by atoms with Crippen LogP contribution in [0.4, 0.5) is 16.2 Å². The number of para-hydroxylation sites is 2. The molecule has 3 heterocycles. The number of halogens is 2. The minimum absolute atomic E-state index is 0.0336. The minimum Gasteiger partial charge on any atom is -0.506 e. The number of urea groups is 1. The van der Waals surface area contributed by atoms with Gasteiger partial charge in [-0.05, 0) is 99.6 Å². The summed E-state index contributed by atoms with van der Waals surface area (Å²) >= 11 is 6.75. The molecule has 274 valence electrons. The molecule has 2 aliphatic rings. The van der Waals surface area contributed by atoms with Crippen LogP contribution in [0.25, 0.3) is 0 Å². The Morgan fingerprint density at radius 1 is 0.863 bits per heavy atom. The SMILES string of the molecule is COc1ccccc1N1CCN(C(=O)N[C@@H](Cc2cc(Br)c(O)c(Br)c2)C(=O)N[C@H](CCCCN)C(=O)N2CCN(c3ccncc3)CC2)CC1. The predicted octanol–water partition coefficient (Wildman–Crippen LogP) is 3.73. The summed E-state index contributed by atoms with van der Waals surface area (Å²) in [7, 11) is 1.64. The minimum atomic E-state index is -0.999. The summed E-state index contributed by atoms with van der Waals surface area (Å²) in [6, 6.07) is 13.0. The zero-order valence-corrected chi connectivity index (χ0v) is 31.9. The molecular formula is C36H46Br2N8O5. The number of hydrogen-bond donors (Lipinski definition) is 4. The van der Waals surface area contributed by atoms with E-state index >= 15 is 0 Å². The van der Waals surface area contributed by atoms with Gasteiger partial charge in [0.2, 0.25) is 11.8 Å². The first-order chi connectivity index (χ1) is 24.7. The number of phenols is 1. The topological polar surface area (TPSA) is 157 Å². The molecule has 15 heteroatoms. The van der Waals surface area contributed by atoms with Gasteiger partial charge >= 0.3 is 6.03 Å². The molecule has 3 aromatic rings. The standard InChI is InChI=1S/C36H46Br2N8O5/c1-51-32-8-3-2-7-31(32)44-16-20-46(21-17-44)36(50)42-30(24-25-22-27(37)33(47)28(38)23-25)34(48)41-29(6-4-5-11-39)35(49)45-18-14-43(15-19-45)26-9-12-40-13-10-26/h2-3,7-10,12-13,22-23,29-30,47H,4-6,11,14-21,24,39H2,1H3,(H,41,48)(H,42,50)/t29-,30+/m1/s1. The van der Waals surface area contributed by atoms with Crippen molar-refractivity contribution in [3.63, 3.8) is 0 Å². The number of aromatic nitrogens is 1. The normalized spacial score (nSPS) is 16.0. The monoisotopic (exact) mass is 828 g/mol. The van der Waals surface area contributed by atoms with Gasteiger partial charge in [0, 0.05) is 76.9 Å². The smallest absolute Gasteiger partial charge is 0.318 e. The molecule has 5 rings (SSSR count). The number of methoxy groups -OCH3 is 1. The number of unbranched alkanes of at least 4 members (excludes halogenated alkanes) is 1. The molecule has 2 fully saturated rings. The summed E-state index contributed by atoms with van der Waals surface area (Å²) in [5.74, 6) is 0.191. The first kappa shape index (κ1) is 38.2. The summed E-state index contributed by atoms with van der Waals surface area (Å²) < 4.78 is 6.43. The number of hydrogen-bond acceptors (Lipinski definition) is 9.